The Kier molecular flexibility index (Phi) is 5.70. The summed E-state index contributed by atoms with van der Waals surface area (Å²) in [5.74, 6) is 0.0831. The number of hydrogen-bond acceptors (Lipinski definition) is 5. The zero-order valence-electron chi connectivity index (χ0n) is 14.0. The van der Waals surface area contributed by atoms with Gasteiger partial charge in [-0.1, -0.05) is 60.4 Å². The van der Waals surface area contributed by atoms with Gasteiger partial charge in [0.15, 0.2) is 0 Å². The lowest BCUT2D eigenvalue weighted by atomic mass is 10.2. The number of nitrogens with zero attached hydrogens (tertiary/aromatic N) is 1. The number of amides is 2. The number of benzene rings is 2. The van der Waals surface area contributed by atoms with Crippen molar-refractivity contribution in [1.29, 1.82) is 0 Å². The van der Waals surface area contributed by atoms with Gasteiger partial charge in [0.1, 0.15) is 16.6 Å². The Balaban J connectivity index is 1.72. The quantitative estimate of drug-likeness (QED) is 0.631. The van der Waals surface area contributed by atoms with Crippen LogP contribution < -0.4 is 10.1 Å². The van der Waals surface area contributed by atoms with E-state index in [9.17, 15) is 9.59 Å². The van der Waals surface area contributed by atoms with Crippen LogP contribution in [-0.2, 0) is 9.59 Å². The standard InChI is InChI=1S/C19H16N2O3S2/c1-24-15-10-6-5-7-13(15)11-16-18(23)21(19(25)26-16)12-17(22)20-14-8-3-2-4-9-14/h2-11H,12H2,1H3,(H,20,22)/b16-11-. The number of carbonyl (C=O) groups excluding carboxylic acids is 2. The number of methoxy groups -OCH3 is 1. The van der Waals surface area contributed by atoms with Gasteiger partial charge in [-0.15, -0.1) is 0 Å². The molecule has 1 N–H and O–H groups in total. The molecule has 1 heterocycles. The van der Waals surface area contributed by atoms with E-state index in [1.54, 1.807) is 25.3 Å². The van der Waals surface area contributed by atoms with E-state index in [2.05, 4.69) is 5.32 Å². The molecule has 1 aliphatic heterocycles. The molecule has 3 rings (SSSR count). The molecule has 2 aromatic carbocycles. The summed E-state index contributed by atoms with van der Waals surface area (Å²) in [4.78, 5) is 26.6. The molecule has 0 bridgehead atoms. The lowest BCUT2D eigenvalue weighted by Crippen LogP contribution is -2.36. The summed E-state index contributed by atoms with van der Waals surface area (Å²) in [6.45, 7) is -0.122. The Morgan fingerprint density at radius 1 is 1.19 bits per heavy atom. The smallest absolute Gasteiger partial charge is 0.266 e. The lowest BCUT2D eigenvalue weighted by Gasteiger charge is -2.14. The van der Waals surface area contributed by atoms with Crippen LogP contribution in [0.3, 0.4) is 0 Å². The van der Waals surface area contributed by atoms with Crippen molar-refractivity contribution in [3.63, 3.8) is 0 Å². The van der Waals surface area contributed by atoms with Gasteiger partial charge in [0.05, 0.1) is 12.0 Å². The van der Waals surface area contributed by atoms with Gasteiger partial charge in [-0.25, -0.2) is 0 Å². The minimum Gasteiger partial charge on any atom is -0.496 e. The fraction of sp³-hybridized carbons (Fsp3) is 0.105. The van der Waals surface area contributed by atoms with Crippen molar-refractivity contribution in [3.05, 3.63) is 65.1 Å². The molecule has 1 aliphatic rings. The topological polar surface area (TPSA) is 58.6 Å². The molecule has 0 unspecified atom stereocenters. The van der Waals surface area contributed by atoms with Crippen molar-refractivity contribution >= 4 is 51.9 Å². The van der Waals surface area contributed by atoms with Crippen LogP contribution in [0.15, 0.2) is 59.5 Å². The van der Waals surface area contributed by atoms with E-state index >= 15 is 0 Å². The largest absolute Gasteiger partial charge is 0.496 e. The highest BCUT2D eigenvalue weighted by atomic mass is 32.2. The molecule has 1 fully saturated rings. The molecule has 0 spiro atoms. The molecule has 5 nitrogen and oxygen atoms in total. The fourth-order valence-corrected chi connectivity index (χ4v) is 3.67. The van der Waals surface area contributed by atoms with E-state index in [4.69, 9.17) is 17.0 Å². The third kappa shape index (κ3) is 4.12. The highest BCUT2D eigenvalue weighted by Gasteiger charge is 2.33. The molecule has 2 amide bonds. The van der Waals surface area contributed by atoms with Crippen molar-refractivity contribution in [2.24, 2.45) is 0 Å². The maximum absolute atomic E-state index is 12.6. The average Bonchev–Trinajstić information content (AvgIpc) is 2.90. The van der Waals surface area contributed by atoms with Crippen LogP contribution in [0, 0.1) is 0 Å². The highest BCUT2D eigenvalue weighted by molar-refractivity contribution is 8.26. The van der Waals surface area contributed by atoms with Crippen molar-refractivity contribution in [2.75, 3.05) is 19.0 Å². The maximum Gasteiger partial charge on any atom is 0.266 e. The summed E-state index contributed by atoms with van der Waals surface area (Å²) < 4.78 is 5.66. The predicted octanol–water partition coefficient (Wildman–Crippen LogP) is 3.54. The van der Waals surface area contributed by atoms with Crippen molar-refractivity contribution in [1.82, 2.24) is 4.90 Å². The minimum atomic E-state index is -0.300. The third-order valence-electron chi connectivity index (χ3n) is 3.66. The van der Waals surface area contributed by atoms with Crippen LogP contribution in [0.4, 0.5) is 5.69 Å². The number of rotatable bonds is 5. The van der Waals surface area contributed by atoms with E-state index in [-0.39, 0.29) is 18.4 Å². The van der Waals surface area contributed by atoms with E-state index in [1.807, 2.05) is 42.5 Å². The van der Waals surface area contributed by atoms with Gasteiger partial charge in [0.25, 0.3) is 5.91 Å². The number of thioether (sulfide) groups is 1. The second-order valence-electron chi connectivity index (χ2n) is 5.42. The van der Waals surface area contributed by atoms with Crippen LogP contribution >= 0.6 is 24.0 Å². The molecule has 0 radical (unpaired) electrons. The zero-order chi connectivity index (χ0) is 18.5. The predicted molar refractivity (Wildman–Crippen MR) is 108 cm³/mol. The Bertz CT molecular complexity index is 881. The second-order valence-corrected chi connectivity index (χ2v) is 7.10. The van der Waals surface area contributed by atoms with Gasteiger partial charge in [0.2, 0.25) is 5.91 Å². The average molecular weight is 384 g/mol. The van der Waals surface area contributed by atoms with Gasteiger partial charge in [-0.3, -0.25) is 14.5 Å². The maximum atomic E-state index is 12.6. The lowest BCUT2D eigenvalue weighted by molar-refractivity contribution is -0.126. The molecule has 7 heteroatoms. The third-order valence-corrected chi connectivity index (χ3v) is 5.04. The Hall–Kier alpha value is -2.64. The summed E-state index contributed by atoms with van der Waals surface area (Å²) in [6, 6.07) is 16.5. The normalized spacial score (nSPS) is 15.4. The number of para-hydroxylation sites is 2. The van der Waals surface area contributed by atoms with Gasteiger partial charge in [-0.05, 0) is 24.3 Å². The molecule has 2 aromatic rings. The number of nitrogens with one attached hydrogen (secondary N) is 1. The van der Waals surface area contributed by atoms with Crippen LogP contribution in [0.1, 0.15) is 5.56 Å². The second kappa shape index (κ2) is 8.16. The Labute approximate surface area is 161 Å². The molecule has 132 valence electrons. The van der Waals surface area contributed by atoms with E-state index in [1.165, 1.54) is 16.7 Å². The van der Waals surface area contributed by atoms with Crippen LogP contribution in [0.25, 0.3) is 6.08 Å². The van der Waals surface area contributed by atoms with Crippen molar-refractivity contribution in [2.45, 2.75) is 0 Å². The fourth-order valence-electron chi connectivity index (χ4n) is 2.43. The molecule has 0 saturated carbocycles. The van der Waals surface area contributed by atoms with Crippen LogP contribution in [-0.4, -0.2) is 34.7 Å². The van der Waals surface area contributed by atoms with E-state index < -0.39 is 0 Å². The summed E-state index contributed by atoms with van der Waals surface area (Å²) in [6.07, 6.45) is 1.73. The van der Waals surface area contributed by atoms with Gasteiger partial charge >= 0.3 is 0 Å². The molecule has 26 heavy (non-hydrogen) atoms. The summed E-state index contributed by atoms with van der Waals surface area (Å²) in [7, 11) is 1.58. The van der Waals surface area contributed by atoms with Gasteiger partial charge in [-0.2, -0.15) is 0 Å². The van der Waals surface area contributed by atoms with E-state index in [0.717, 1.165) is 5.56 Å². The van der Waals surface area contributed by atoms with Crippen molar-refractivity contribution < 1.29 is 14.3 Å². The first-order chi connectivity index (χ1) is 12.6. The monoisotopic (exact) mass is 384 g/mol. The van der Waals surface area contributed by atoms with Gasteiger partial charge in [0, 0.05) is 11.3 Å². The number of carbonyl (C=O) groups is 2. The molecule has 0 atom stereocenters. The number of anilines is 1. The van der Waals surface area contributed by atoms with Crippen LogP contribution in [0.5, 0.6) is 5.75 Å². The SMILES string of the molecule is COc1ccccc1/C=C1\SC(=S)N(CC(=O)Nc2ccccc2)C1=O. The van der Waals surface area contributed by atoms with Gasteiger partial charge < -0.3 is 10.1 Å². The number of ether oxygens (including phenoxy) is 1. The molecule has 0 aromatic heterocycles. The zero-order valence-corrected chi connectivity index (χ0v) is 15.6. The van der Waals surface area contributed by atoms with Crippen LogP contribution in [0.2, 0.25) is 0 Å². The summed E-state index contributed by atoms with van der Waals surface area (Å²) >= 11 is 6.45. The highest BCUT2D eigenvalue weighted by Crippen LogP contribution is 2.34. The number of thiocarbonyl (C=S) groups is 1. The molecule has 0 aliphatic carbocycles. The first-order valence-corrected chi connectivity index (χ1v) is 9.04. The summed E-state index contributed by atoms with van der Waals surface area (Å²) in [5.41, 5.74) is 1.46. The molecular weight excluding hydrogens is 368 g/mol. The summed E-state index contributed by atoms with van der Waals surface area (Å²) in [5, 5.41) is 2.75. The number of hydrogen-bond donors (Lipinski definition) is 1. The molecular formula is C19H16N2O3S2. The Morgan fingerprint density at radius 2 is 1.88 bits per heavy atom. The Morgan fingerprint density at radius 3 is 2.62 bits per heavy atom. The first-order valence-electron chi connectivity index (χ1n) is 7.82. The first kappa shape index (κ1) is 18.2. The molecule has 1 saturated heterocycles. The van der Waals surface area contributed by atoms with E-state index in [0.29, 0.717) is 20.7 Å². The van der Waals surface area contributed by atoms with Crippen molar-refractivity contribution in [3.8, 4) is 5.75 Å². The minimum absolute atomic E-state index is 0.122.